The monoisotopic (exact) mass is 223 g/mol. The van der Waals surface area contributed by atoms with Crippen LogP contribution < -0.4 is 5.73 Å². The molecule has 0 fully saturated rings. The lowest BCUT2D eigenvalue weighted by Crippen LogP contribution is -1.97. The number of nitrogens with zero attached hydrogens (tertiary/aromatic N) is 3. The Hall–Kier alpha value is -1.62. The molecule has 0 bridgehead atoms. The first-order valence-electron chi connectivity index (χ1n) is 4.43. The lowest BCUT2D eigenvalue weighted by molar-refractivity contribution is 0.893. The van der Waals surface area contributed by atoms with Crippen molar-refractivity contribution < 1.29 is 0 Å². The first kappa shape index (κ1) is 9.92. The van der Waals surface area contributed by atoms with Crippen molar-refractivity contribution in [3.8, 4) is 0 Å². The molecule has 15 heavy (non-hydrogen) atoms. The van der Waals surface area contributed by atoms with Gasteiger partial charge in [0.15, 0.2) is 5.65 Å². The summed E-state index contributed by atoms with van der Waals surface area (Å²) in [7, 11) is 0. The third-order valence-electron chi connectivity index (χ3n) is 2.25. The molecule has 2 aromatic heterocycles. The third kappa shape index (κ3) is 1.55. The molecule has 2 heterocycles. The van der Waals surface area contributed by atoms with Gasteiger partial charge in [-0.25, -0.2) is 4.98 Å². The highest BCUT2D eigenvalue weighted by molar-refractivity contribution is 6.28. The SMILES string of the molecule is C=C[C@@H](C)c1[nH]nc2nc(Cl)nc(N)c12. The minimum absolute atomic E-state index is 0.101. The molecular formula is C9H10ClN5. The molecule has 3 N–H and O–H groups in total. The van der Waals surface area contributed by atoms with E-state index < -0.39 is 0 Å². The molecule has 0 unspecified atom stereocenters. The number of aromatic amines is 1. The number of rotatable bonds is 2. The summed E-state index contributed by atoms with van der Waals surface area (Å²) in [6.45, 7) is 5.70. The average molecular weight is 224 g/mol. The molecule has 0 saturated heterocycles. The second-order valence-corrected chi connectivity index (χ2v) is 3.58. The van der Waals surface area contributed by atoms with E-state index in [1.165, 1.54) is 0 Å². The van der Waals surface area contributed by atoms with Gasteiger partial charge >= 0.3 is 0 Å². The smallest absolute Gasteiger partial charge is 0.226 e. The van der Waals surface area contributed by atoms with Crippen LogP contribution >= 0.6 is 11.6 Å². The van der Waals surface area contributed by atoms with Crippen LogP contribution in [0.15, 0.2) is 12.7 Å². The molecule has 0 radical (unpaired) electrons. The first-order valence-corrected chi connectivity index (χ1v) is 4.80. The van der Waals surface area contributed by atoms with Crippen molar-refractivity contribution in [3.05, 3.63) is 23.6 Å². The summed E-state index contributed by atoms with van der Waals surface area (Å²) in [5, 5.41) is 7.71. The van der Waals surface area contributed by atoms with Crippen molar-refractivity contribution in [1.82, 2.24) is 20.2 Å². The Morgan fingerprint density at radius 2 is 2.27 bits per heavy atom. The van der Waals surface area contributed by atoms with E-state index in [1.807, 2.05) is 6.92 Å². The van der Waals surface area contributed by atoms with Gasteiger partial charge in [-0.2, -0.15) is 10.1 Å². The van der Waals surface area contributed by atoms with Crippen molar-refractivity contribution in [3.63, 3.8) is 0 Å². The Kier molecular flexibility index (Phi) is 2.32. The number of fused-ring (bicyclic) bond motifs is 1. The van der Waals surface area contributed by atoms with Crippen LogP contribution in [0.2, 0.25) is 5.28 Å². The molecule has 1 atom stereocenters. The van der Waals surface area contributed by atoms with Gasteiger partial charge in [-0.3, -0.25) is 5.10 Å². The number of nitrogen functional groups attached to an aromatic ring is 1. The molecule has 78 valence electrons. The molecule has 0 aliphatic rings. The quantitative estimate of drug-likeness (QED) is 0.602. The first-order chi connectivity index (χ1) is 7.13. The Morgan fingerprint density at radius 1 is 1.53 bits per heavy atom. The molecular weight excluding hydrogens is 214 g/mol. The zero-order chi connectivity index (χ0) is 11.0. The average Bonchev–Trinajstić information content (AvgIpc) is 2.60. The van der Waals surface area contributed by atoms with Gasteiger partial charge in [0, 0.05) is 5.92 Å². The predicted octanol–water partition coefficient (Wildman–Crippen LogP) is 1.88. The molecule has 0 saturated carbocycles. The second-order valence-electron chi connectivity index (χ2n) is 3.24. The van der Waals surface area contributed by atoms with E-state index >= 15 is 0 Å². The van der Waals surface area contributed by atoms with Crippen LogP contribution in [0.1, 0.15) is 18.5 Å². The van der Waals surface area contributed by atoms with Crippen molar-refractivity contribution in [2.24, 2.45) is 0 Å². The molecule has 0 aliphatic carbocycles. The van der Waals surface area contributed by atoms with Gasteiger partial charge in [-0.1, -0.05) is 13.0 Å². The number of allylic oxidation sites excluding steroid dienone is 1. The molecule has 0 aromatic carbocycles. The lowest BCUT2D eigenvalue weighted by Gasteiger charge is -2.03. The summed E-state index contributed by atoms with van der Waals surface area (Å²) in [6, 6.07) is 0. The van der Waals surface area contributed by atoms with Gasteiger partial charge in [0.25, 0.3) is 0 Å². The number of hydrogen-bond donors (Lipinski definition) is 2. The van der Waals surface area contributed by atoms with E-state index in [0.717, 1.165) is 5.69 Å². The summed E-state index contributed by atoms with van der Waals surface area (Å²) in [4.78, 5) is 7.86. The molecule has 5 nitrogen and oxygen atoms in total. The number of anilines is 1. The third-order valence-corrected chi connectivity index (χ3v) is 2.42. The summed E-state index contributed by atoms with van der Waals surface area (Å²) >= 11 is 5.67. The maximum absolute atomic E-state index is 5.76. The minimum atomic E-state index is 0.101. The van der Waals surface area contributed by atoms with Crippen LogP contribution in [0.25, 0.3) is 11.0 Å². The van der Waals surface area contributed by atoms with Crippen LogP contribution in [-0.2, 0) is 0 Å². The summed E-state index contributed by atoms with van der Waals surface area (Å²) < 4.78 is 0. The van der Waals surface area contributed by atoms with Gasteiger partial charge in [0.2, 0.25) is 5.28 Å². The summed E-state index contributed by atoms with van der Waals surface area (Å²) in [5.41, 5.74) is 7.10. The number of nitrogens with two attached hydrogens (primary N) is 1. The van der Waals surface area contributed by atoms with Crippen LogP contribution in [0, 0.1) is 0 Å². The van der Waals surface area contributed by atoms with Gasteiger partial charge in [-0.05, 0) is 11.6 Å². The number of nitrogens with one attached hydrogen (secondary N) is 1. The summed E-state index contributed by atoms with van der Waals surface area (Å²) in [6.07, 6.45) is 1.79. The molecule has 6 heteroatoms. The number of halogens is 1. The minimum Gasteiger partial charge on any atom is -0.383 e. The zero-order valence-electron chi connectivity index (χ0n) is 8.16. The van der Waals surface area contributed by atoms with Crippen LogP contribution in [0.5, 0.6) is 0 Å². The van der Waals surface area contributed by atoms with E-state index in [9.17, 15) is 0 Å². The molecule has 2 rings (SSSR count). The van der Waals surface area contributed by atoms with Gasteiger partial charge in [0.05, 0.1) is 11.1 Å². The van der Waals surface area contributed by atoms with Crippen LogP contribution in [0.3, 0.4) is 0 Å². The van der Waals surface area contributed by atoms with Crippen molar-refractivity contribution in [1.29, 1.82) is 0 Å². The van der Waals surface area contributed by atoms with Crippen LogP contribution in [-0.4, -0.2) is 20.2 Å². The van der Waals surface area contributed by atoms with Gasteiger partial charge < -0.3 is 5.73 Å². The lowest BCUT2D eigenvalue weighted by atomic mass is 10.1. The maximum Gasteiger partial charge on any atom is 0.226 e. The second kappa shape index (κ2) is 3.51. The Balaban J connectivity index is 2.74. The summed E-state index contributed by atoms with van der Waals surface area (Å²) in [5.74, 6) is 0.449. The highest BCUT2D eigenvalue weighted by Crippen LogP contribution is 2.27. The van der Waals surface area contributed by atoms with E-state index in [4.69, 9.17) is 17.3 Å². The Labute approximate surface area is 91.4 Å². The van der Waals surface area contributed by atoms with Gasteiger partial charge in [-0.15, -0.1) is 6.58 Å². The molecule has 0 aliphatic heterocycles. The molecule has 0 amide bonds. The number of hydrogen-bond acceptors (Lipinski definition) is 4. The maximum atomic E-state index is 5.76. The largest absolute Gasteiger partial charge is 0.383 e. The fraction of sp³-hybridized carbons (Fsp3) is 0.222. The Morgan fingerprint density at radius 3 is 2.93 bits per heavy atom. The predicted molar refractivity (Wildman–Crippen MR) is 59.7 cm³/mol. The number of aromatic nitrogens is 4. The van der Waals surface area contributed by atoms with E-state index in [-0.39, 0.29) is 11.2 Å². The highest BCUT2D eigenvalue weighted by Gasteiger charge is 2.15. The normalized spacial score (nSPS) is 12.9. The molecule has 2 aromatic rings. The highest BCUT2D eigenvalue weighted by atomic mass is 35.5. The van der Waals surface area contributed by atoms with Crippen molar-refractivity contribution >= 4 is 28.5 Å². The van der Waals surface area contributed by atoms with Crippen molar-refractivity contribution in [2.45, 2.75) is 12.8 Å². The molecule has 0 spiro atoms. The standard InChI is InChI=1S/C9H10ClN5/c1-3-4(2)6-5-7(11)12-9(10)13-8(5)15-14-6/h3-4H,1H2,2H3,(H3,11,12,13,14,15)/t4-/m1/s1. The van der Waals surface area contributed by atoms with E-state index in [0.29, 0.717) is 16.9 Å². The fourth-order valence-corrected chi connectivity index (χ4v) is 1.56. The fourth-order valence-electron chi connectivity index (χ4n) is 1.39. The number of H-pyrrole nitrogens is 1. The van der Waals surface area contributed by atoms with Crippen molar-refractivity contribution in [2.75, 3.05) is 5.73 Å². The van der Waals surface area contributed by atoms with E-state index in [1.54, 1.807) is 6.08 Å². The Bertz CT molecular complexity index is 518. The van der Waals surface area contributed by atoms with Gasteiger partial charge in [0.1, 0.15) is 5.82 Å². The zero-order valence-corrected chi connectivity index (χ0v) is 8.91. The van der Waals surface area contributed by atoms with E-state index in [2.05, 4.69) is 26.7 Å². The van der Waals surface area contributed by atoms with Crippen LogP contribution in [0.4, 0.5) is 5.82 Å². The topological polar surface area (TPSA) is 80.5 Å².